The molecule has 4 rings (SSSR count). The predicted molar refractivity (Wildman–Crippen MR) is 142 cm³/mol. The standard InChI is InChI=1S/C29H33N5O2/c1-17-12-13-22(25-18(2)15-30-28(33-25)29(6,7)8)14-24(17)34-21(5)32-26(20(4)27(34)35)36-16-23-11-9-10-19(3)31-23/h9-15H,16H2,1-8H3. The molecule has 0 amide bonds. The van der Waals surface area contributed by atoms with Crippen molar-refractivity contribution in [2.24, 2.45) is 0 Å². The molecule has 0 spiro atoms. The summed E-state index contributed by atoms with van der Waals surface area (Å²) in [5, 5.41) is 0. The smallest absolute Gasteiger partial charge is 0.264 e. The van der Waals surface area contributed by atoms with E-state index in [1.165, 1.54) is 0 Å². The minimum atomic E-state index is -0.172. The summed E-state index contributed by atoms with van der Waals surface area (Å²) in [6.45, 7) is 16.0. The highest BCUT2D eigenvalue weighted by molar-refractivity contribution is 5.67. The zero-order valence-electron chi connectivity index (χ0n) is 22.3. The summed E-state index contributed by atoms with van der Waals surface area (Å²) in [5.41, 5.74) is 6.31. The molecule has 0 aliphatic heterocycles. The van der Waals surface area contributed by atoms with Gasteiger partial charge in [0.05, 0.1) is 22.6 Å². The molecule has 0 radical (unpaired) electrons. The number of aromatic nitrogens is 5. The van der Waals surface area contributed by atoms with Crippen molar-refractivity contribution in [1.29, 1.82) is 0 Å². The van der Waals surface area contributed by atoms with Gasteiger partial charge in [-0.3, -0.25) is 14.3 Å². The first kappa shape index (κ1) is 25.2. The molecular formula is C29H33N5O2. The molecule has 3 heterocycles. The van der Waals surface area contributed by atoms with Crippen LogP contribution >= 0.6 is 0 Å². The molecule has 3 aromatic heterocycles. The fourth-order valence-corrected chi connectivity index (χ4v) is 4.03. The van der Waals surface area contributed by atoms with Gasteiger partial charge >= 0.3 is 0 Å². The lowest BCUT2D eigenvalue weighted by molar-refractivity contribution is 0.284. The van der Waals surface area contributed by atoms with Crippen LogP contribution < -0.4 is 10.3 Å². The van der Waals surface area contributed by atoms with Gasteiger partial charge in [-0.2, -0.15) is 4.98 Å². The van der Waals surface area contributed by atoms with E-state index in [1.54, 1.807) is 11.5 Å². The summed E-state index contributed by atoms with van der Waals surface area (Å²) in [5.74, 6) is 1.65. The minimum absolute atomic E-state index is 0.162. The fourth-order valence-electron chi connectivity index (χ4n) is 4.03. The molecule has 0 saturated heterocycles. The summed E-state index contributed by atoms with van der Waals surface area (Å²) in [6.07, 6.45) is 1.86. The Kier molecular flexibility index (Phi) is 6.76. The largest absolute Gasteiger partial charge is 0.471 e. The molecule has 0 aliphatic carbocycles. The van der Waals surface area contributed by atoms with Gasteiger partial charge in [-0.05, 0) is 63.9 Å². The van der Waals surface area contributed by atoms with Crippen molar-refractivity contribution in [2.45, 2.75) is 67.4 Å². The third-order valence-corrected chi connectivity index (χ3v) is 6.10. The number of nitrogens with zero attached hydrogens (tertiary/aromatic N) is 5. The number of rotatable bonds is 5. The molecule has 0 saturated carbocycles. The lowest BCUT2D eigenvalue weighted by Crippen LogP contribution is -2.26. The van der Waals surface area contributed by atoms with Crippen LogP contribution in [-0.2, 0) is 12.0 Å². The Morgan fingerprint density at radius 3 is 2.36 bits per heavy atom. The van der Waals surface area contributed by atoms with Gasteiger partial charge in [-0.25, -0.2) is 9.97 Å². The molecule has 0 unspecified atom stereocenters. The maximum Gasteiger partial charge on any atom is 0.264 e. The van der Waals surface area contributed by atoms with Gasteiger partial charge in [0.1, 0.15) is 18.3 Å². The highest BCUT2D eigenvalue weighted by Crippen LogP contribution is 2.28. The number of aryl methyl sites for hydroxylation is 4. The monoisotopic (exact) mass is 483 g/mol. The van der Waals surface area contributed by atoms with E-state index >= 15 is 0 Å². The average molecular weight is 484 g/mol. The maximum absolute atomic E-state index is 13.5. The van der Waals surface area contributed by atoms with Crippen LogP contribution in [-0.4, -0.2) is 24.5 Å². The van der Waals surface area contributed by atoms with E-state index in [0.717, 1.165) is 45.3 Å². The Morgan fingerprint density at radius 2 is 1.67 bits per heavy atom. The zero-order valence-corrected chi connectivity index (χ0v) is 22.3. The molecule has 0 atom stereocenters. The number of ether oxygens (including phenoxy) is 1. The van der Waals surface area contributed by atoms with Crippen molar-refractivity contribution in [3.05, 3.63) is 92.7 Å². The number of hydrogen-bond donors (Lipinski definition) is 0. The molecule has 0 aliphatic rings. The summed E-state index contributed by atoms with van der Waals surface area (Å²) >= 11 is 0. The highest BCUT2D eigenvalue weighted by Gasteiger charge is 2.20. The summed E-state index contributed by atoms with van der Waals surface area (Å²) in [7, 11) is 0. The molecule has 36 heavy (non-hydrogen) atoms. The number of pyridine rings is 1. The van der Waals surface area contributed by atoms with Crippen molar-refractivity contribution in [3.8, 4) is 22.8 Å². The van der Waals surface area contributed by atoms with Crippen LogP contribution in [0, 0.1) is 34.6 Å². The SMILES string of the molecule is Cc1cccc(COc2nc(C)n(-c3cc(-c4nc(C(C)(C)C)ncc4C)ccc3C)c(=O)c2C)n1. The molecule has 1 aromatic carbocycles. The molecule has 0 N–H and O–H groups in total. The Morgan fingerprint density at radius 1 is 0.917 bits per heavy atom. The van der Waals surface area contributed by atoms with E-state index in [2.05, 4.69) is 35.7 Å². The first-order valence-electron chi connectivity index (χ1n) is 12.1. The topological polar surface area (TPSA) is 82.8 Å². The van der Waals surface area contributed by atoms with E-state index in [-0.39, 0.29) is 17.6 Å². The van der Waals surface area contributed by atoms with Crippen molar-refractivity contribution in [2.75, 3.05) is 0 Å². The van der Waals surface area contributed by atoms with Crippen LogP contribution in [0.1, 0.15) is 60.5 Å². The maximum atomic E-state index is 13.5. The van der Waals surface area contributed by atoms with Crippen LogP contribution in [0.2, 0.25) is 0 Å². The van der Waals surface area contributed by atoms with Gasteiger partial charge in [0, 0.05) is 22.9 Å². The molecule has 7 heteroatoms. The van der Waals surface area contributed by atoms with Crippen molar-refractivity contribution < 1.29 is 4.74 Å². The number of benzene rings is 1. The van der Waals surface area contributed by atoms with Crippen LogP contribution in [0.3, 0.4) is 0 Å². The van der Waals surface area contributed by atoms with Gasteiger partial charge in [-0.1, -0.05) is 39.0 Å². The molecule has 7 nitrogen and oxygen atoms in total. The van der Waals surface area contributed by atoms with Crippen LogP contribution in [0.4, 0.5) is 0 Å². The van der Waals surface area contributed by atoms with Gasteiger partial charge in [-0.15, -0.1) is 0 Å². The Labute approximate surface area is 212 Å². The Hall–Kier alpha value is -3.87. The van der Waals surface area contributed by atoms with Gasteiger partial charge in [0.15, 0.2) is 0 Å². The Balaban J connectivity index is 1.75. The van der Waals surface area contributed by atoms with Crippen LogP contribution in [0.25, 0.3) is 16.9 Å². The predicted octanol–water partition coefficient (Wildman–Crippen LogP) is 5.50. The van der Waals surface area contributed by atoms with Crippen LogP contribution in [0.5, 0.6) is 5.88 Å². The average Bonchev–Trinajstić information content (AvgIpc) is 2.81. The molecule has 4 aromatic rings. The zero-order chi connectivity index (χ0) is 26.2. The first-order chi connectivity index (χ1) is 17.0. The second-order valence-corrected chi connectivity index (χ2v) is 10.3. The van der Waals surface area contributed by atoms with E-state index in [4.69, 9.17) is 9.72 Å². The van der Waals surface area contributed by atoms with E-state index in [9.17, 15) is 4.79 Å². The highest BCUT2D eigenvalue weighted by atomic mass is 16.5. The van der Waals surface area contributed by atoms with Gasteiger partial charge in [0.2, 0.25) is 5.88 Å². The summed E-state index contributed by atoms with van der Waals surface area (Å²) < 4.78 is 7.56. The minimum Gasteiger partial charge on any atom is -0.471 e. The molecular weight excluding hydrogens is 450 g/mol. The van der Waals surface area contributed by atoms with Gasteiger partial charge < -0.3 is 4.74 Å². The van der Waals surface area contributed by atoms with E-state index in [0.29, 0.717) is 17.3 Å². The summed E-state index contributed by atoms with van der Waals surface area (Å²) in [6, 6.07) is 11.8. The molecule has 0 fully saturated rings. The number of hydrogen-bond acceptors (Lipinski definition) is 6. The normalized spacial score (nSPS) is 11.6. The van der Waals surface area contributed by atoms with Crippen LogP contribution in [0.15, 0.2) is 47.4 Å². The van der Waals surface area contributed by atoms with Gasteiger partial charge in [0.25, 0.3) is 5.56 Å². The lowest BCUT2D eigenvalue weighted by Gasteiger charge is -2.19. The quantitative estimate of drug-likeness (QED) is 0.373. The third-order valence-electron chi connectivity index (χ3n) is 6.10. The molecule has 0 bridgehead atoms. The molecule has 186 valence electrons. The fraction of sp³-hybridized carbons (Fsp3) is 0.345. The van der Waals surface area contributed by atoms with Crippen molar-refractivity contribution in [1.82, 2.24) is 24.5 Å². The summed E-state index contributed by atoms with van der Waals surface area (Å²) in [4.78, 5) is 32.0. The third kappa shape index (κ3) is 5.05. The second kappa shape index (κ2) is 9.64. The first-order valence-corrected chi connectivity index (χ1v) is 12.1. The lowest BCUT2D eigenvalue weighted by atomic mass is 9.95. The Bertz CT molecular complexity index is 1500. The van der Waals surface area contributed by atoms with Crippen molar-refractivity contribution in [3.63, 3.8) is 0 Å². The second-order valence-electron chi connectivity index (χ2n) is 10.3. The van der Waals surface area contributed by atoms with E-state index in [1.807, 2.05) is 70.3 Å². The van der Waals surface area contributed by atoms with Crippen molar-refractivity contribution >= 4 is 0 Å². The van der Waals surface area contributed by atoms with E-state index < -0.39 is 0 Å².